The van der Waals surface area contributed by atoms with Crippen LogP contribution in [0.4, 0.5) is 0 Å². The van der Waals surface area contributed by atoms with Crippen molar-refractivity contribution in [2.75, 3.05) is 12.9 Å². The van der Waals surface area contributed by atoms with Gasteiger partial charge in [0.25, 0.3) is 0 Å². The lowest BCUT2D eigenvalue weighted by Gasteiger charge is -2.16. The van der Waals surface area contributed by atoms with Gasteiger partial charge in [-0.1, -0.05) is 24.6 Å². The van der Waals surface area contributed by atoms with E-state index in [-0.39, 0.29) is 5.97 Å². The molecule has 1 atom stereocenters. The van der Waals surface area contributed by atoms with Crippen molar-refractivity contribution in [1.82, 2.24) is 0 Å². The Bertz CT molecular complexity index is 227. The zero-order valence-corrected chi connectivity index (χ0v) is 9.26. The van der Waals surface area contributed by atoms with E-state index in [1.807, 2.05) is 17.8 Å². The largest absolute Gasteiger partial charge is 0.466 e. The van der Waals surface area contributed by atoms with Crippen molar-refractivity contribution in [1.29, 1.82) is 0 Å². The number of thioether (sulfide) groups is 1. The Labute approximate surface area is 89.4 Å². The number of carbonyl (C=O) groups is 1. The molecule has 2 nitrogen and oxygen atoms in total. The molecule has 3 heteroatoms. The van der Waals surface area contributed by atoms with Crippen molar-refractivity contribution >= 4 is 17.7 Å². The summed E-state index contributed by atoms with van der Waals surface area (Å²) in [6, 6.07) is 0. The SMILES string of the molecule is COC(=O)/C=C/C=C/C1CCCCS1. The first-order valence-corrected chi connectivity index (χ1v) is 5.92. The van der Waals surface area contributed by atoms with Gasteiger partial charge in [-0.25, -0.2) is 4.79 Å². The monoisotopic (exact) mass is 212 g/mol. The summed E-state index contributed by atoms with van der Waals surface area (Å²) in [7, 11) is 1.38. The van der Waals surface area contributed by atoms with E-state index >= 15 is 0 Å². The molecule has 0 aliphatic carbocycles. The molecule has 0 radical (unpaired) electrons. The molecule has 1 saturated heterocycles. The Morgan fingerprint density at radius 2 is 2.29 bits per heavy atom. The average Bonchev–Trinajstić information content (AvgIpc) is 2.25. The Morgan fingerprint density at radius 1 is 1.43 bits per heavy atom. The molecule has 1 unspecified atom stereocenters. The van der Waals surface area contributed by atoms with Gasteiger partial charge in [-0.05, 0) is 18.6 Å². The van der Waals surface area contributed by atoms with Crippen molar-refractivity contribution in [2.24, 2.45) is 0 Å². The minimum Gasteiger partial charge on any atom is -0.466 e. The molecule has 0 saturated carbocycles. The number of rotatable bonds is 3. The fourth-order valence-electron chi connectivity index (χ4n) is 1.31. The number of esters is 1. The van der Waals surface area contributed by atoms with Crippen LogP contribution >= 0.6 is 11.8 Å². The van der Waals surface area contributed by atoms with Crippen molar-refractivity contribution in [2.45, 2.75) is 24.5 Å². The normalized spacial score (nSPS) is 23.1. The summed E-state index contributed by atoms with van der Waals surface area (Å²) in [5.74, 6) is 0.960. The molecule has 0 aromatic rings. The first-order chi connectivity index (χ1) is 6.83. The van der Waals surface area contributed by atoms with Crippen LogP contribution in [0.1, 0.15) is 19.3 Å². The lowest BCUT2D eigenvalue weighted by atomic mass is 10.2. The second-order valence-corrected chi connectivity index (χ2v) is 4.52. The Balaban J connectivity index is 2.24. The molecule has 1 heterocycles. The first-order valence-electron chi connectivity index (χ1n) is 4.87. The van der Waals surface area contributed by atoms with Gasteiger partial charge in [0.15, 0.2) is 0 Å². The highest BCUT2D eigenvalue weighted by Gasteiger charge is 2.09. The number of allylic oxidation sites excluding steroid dienone is 2. The fourth-order valence-corrected chi connectivity index (χ4v) is 2.52. The summed E-state index contributed by atoms with van der Waals surface area (Å²) in [6.07, 6.45) is 11.2. The number of ether oxygens (including phenoxy) is 1. The molecular weight excluding hydrogens is 196 g/mol. The molecule has 1 aliphatic heterocycles. The van der Waals surface area contributed by atoms with E-state index in [2.05, 4.69) is 10.8 Å². The minimum atomic E-state index is -0.300. The van der Waals surface area contributed by atoms with Gasteiger partial charge in [-0.3, -0.25) is 0 Å². The van der Waals surface area contributed by atoms with Gasteiger partial charge in [0.2, 0.25) is 0 Å². The summed E-state index contributed by atoms with van der Waals surface area (Å²) in [4.78, 5) is 10.7. The van der Waals surface area contributed by atoms with Crippen LogP contribution in [0.25, 0.3) is 0 Å². The Hall–Kier alpha value is -0.700. The minimum absolute atomic E-state index is 0.300. The van der Waals surface area contributed by atoms with Crippen LogP contribution in [-0.2, 0) is 9.53 Å². The van der Waals surface area contributed by atoms with E-state index in [4.69, 9.17) is 0 Å². The Kier molecular flexibility index (Phi) is 5.45. The first kappa shape index (κ1) is 11.4. The maximum absolute atomic E-state index is 10.7. The average molecular weight is 212 g/mol. The molecule has 0 spiro atoms. The van der Waals surface area contributed by atoms with Gasteiger partial charge in [0, 0.05) is 11.3 Å². The predicted octanol–water partition coefficient (Wildman–Crippen LogP) is 2.56. The van der Waals surface area contributed by atoms with Crippen molar-refractivity contribution in [3.63, 3.8) is 0 Å². The summed E-state index contributed by atoms with van der Waals surface area (Å²) in [5.41, 5.74) is 0. The van der Waals surface area contributed by atoms with Gasteiger partial charge >= 0.3 is 5.97 Å². The van der Waals surface area contributed by atoms with Gasteiger partial charge in [-0.2, -0.15) is 11.8 Å². The lowest BCUT2D eigenvalue weighted by molar-refractivity contribution is -0.134. The van der Waals surface area contributed by atoms with E-state index in [1.165, 1.54) is 38.2 Å². The van der Waals surface area contributed by atoms with Gasteiger partial charge in [0.05, 0.1) is 7.11 Å². The quantitative estimate of drug-likeness (QED) is 0.408. The van der Waals surface area contributed by atoms with Crippen LogP contribution in [0.15, 0.2) is 24.3 Å². The highest BCUT2D eigenvalue weighted by Crippen LogP contribution is 2.25. The smallest absolute Gasteiger partial charge is 0.330 e. The lowest BCUT2D eigenvalue weighted by Crippen LogP contribution is -2.05. The van der Waals surface area contributed by atoms with E-state index < -0.39 is 0 Å². The number of methoxy groups -OCH3 is 1. The third kappa shape index (κ3) is 4.51. The van der Waals surface area contributed by atoms with Gasteiger partial charge < -0.3 is 4.74 Å². The number of hydrogen-bond donors (Lipinski definition) is 0. The van der Waals surface area contributed by atoms with E-state index in [0.717, 1.165) is 0 Å². The van der Waals surface area contributed by atoms with Crippen LogP contribution in [0.5, 0.6) is 0 Å². The molecule has 0 N–H and O–H groups in total. The maximum atomic E-state index is 10.7. The standard InChI is InChI=1S/C11H16O2S/c1-13-11(12)8-3-2-6-10-7-4-5-9-14-10/h2-3,6,8,10H,4-5,7,9H2,1H3/b6-2+,8-3+. The zero-order valence-electron chi connectivity index (χ0n) is 8.44. The third-order valence-corrected chi connectivity index (χ3v) is 3.43. The topological polar surface area (TPSA) is 26.3 Å². The van der Waals surface area contributed by atoms with Crippen LogP contribution in [0, 0.1) is 0 Å². The van der Waals surface area contributed by atoms with E-state index in [0.29, 0.717) is 5.25 Å². The number of carbonyl (C=O) groups excluding carboxylic acids is 1. The molecule has 0 bridgehead atoms. The maximum Gasteiger partial charge on any atom is 0.330 e. The number of hydrogen-bond acceptors (Lipinski definition) is 3. The summed E-state index contributed by atoms with van der Waals surface area (Å²) in [5, 5.41) is 0.631. The molecule has 0 aromatic carbocycles. The second kappa shape index (κ2) is 6.71. The van der Waals surface area contributed by atoms with Crippen LogP contribution < -0.4 is 0 Å². The van der Waals surface area contributed by atoms with Crippen molar-refractivity contribution < 1.29 is 9.53 Å². The third-order valence-electron chi connectivity index (χ3n) is 2.09. The van der Waals surface area contributed by atoms with E-state index in [9.17, 15) is 4.79 Å². The molecule has 0 aromatic heterocycles. The predicted molar refractivity (Wildman–Crippen MR) is 60.4 cm³/mol. The second-order valence-electron chi connectivity index (χ2n) is 3.17. The molecule has 1 fully saturated rings. The molecule has 78 valence electrons. The van der Waals surface area contributed by atoms with Gasteiger partial charge in [0.1, 0.15) is 0 Å². The molecule has 0 amide bonds. The highest BCUT2D eigenvalue weighted by molar-refractivity contribution is 8.00. The van der Waals surface area contributed by atoms with Crippen molar-refractivity contribution in [3.05, 3.63) is 24.3 Å². The van der Waals surface area contributed by atoms with Crippen LogP contribution in [-0.4, -0.2) is 24.1 Å². The molecule has 14 heavy (non-hydrogen) atoms. The molecule has 1 rings (SSSR count). The van der Waals surface area contributed by atoms with Crippen LogP contribution in [0.2, 0.25) is 0 Å². The van der Waals surface area contributed by atoms with E-state index in [1.54, 1.807) is 6.08 Å². The Morgan fingerprint density at radius 3 is 2.93 bits per heavy atom. The molecular formula is C11H16O2S. The summed E-state index contributed by atoms with van der Waals surface area (Å²) >= 11 is 1.99. The summed E-state index contributed by atoms with van der Waals surface area (Å²) < 4.78 is 4.48. The van der Waals surface area contributed by atoms with Crippen LogP contribution in [0.3, 0.4) is 0 Å². The fraction of sp³-hybridized carbons (Fsp3) is 0.545. The van der Waals surface area contributed by atoms with Crippen molar-refractivity contribution in [3.8, 4) is 0 Å². The summed E-state index contributed by atoms with van der Waals surface area (Å²) in [6.45, 7) is 0. The van der Waals surface area contributed by atoms with Gasteiger partial charge in [-0.15, -0.1) is 0 Å². The zero-order chi connectivity index (χ0) is 10.2. The highest BCUT2D eigenvalue weighted by atomic mass is 32.2. The molecule has 1 aliphatic rings.